The van der Waals surface area contributed by atoms with Crippen molar-refractivity contribution in [3.05, 3.63) is 41.8 Å². The normalized spacial score (nSPS) is 13.3. The fourth-order valence-electron chi connectivity index (χ4n) is 2.06. The number of hydrogen-bond donors (Lipinski definition) is 2. The first-order chi connectivity index (χ1) is 10.4. The molecule has 23 heavy (non-hydrogen) atoms. The summed E-state index contributed by atoms with van der Waals surface area (Å²) in [5.41, 5.74) is 6.74. The van der Waals surface area contributed by atoms with Gasteiger partial charge < -0.3 is 15.5 Å². The van der Waals surface area contributed by atoms with Gasteiger partial charge in [-0.05, 0) is 31.9 Å². The highest BCUT2D eigenvalue weighted by Gasteiger charge is 2.31. The van der Waals surface area contributed by atoms with Gasteiger partial charge in [-0.2, -0.15) is 0 Å². The number of oxazole rings is 1. The molecule has 5 nitrogen and oxygen atoms in total. The molecule has 0 radical (unpaired) electrons. The molecule has 1 amide bonds. The van der Waals surface area contributed by atoms with Gasteiger partial charge in [-0.1, -0.05) is 32.0 Å². The molecule has 0 saturated heterocycles. The number of rotatable bonds is 5. The molecule has 2 rings (SSSR count). The molecule has 0 aliphatic heterocycles. The molecule has 1 atom stereocenters. The molecule has 0 fully saturated rings. The van der Waals surface area contributed by atoms with E-state index in [9.17, 15) is 4.79 Å². The van der Waals surface area contributed by atoms with Crippen LogP contribution in [-0.4, -0.2) is 23.0 Å². The van der Waals surface area contributed by atoms with Crippen LogP contribution in [0.2, 0.25) is 0 Å². The lowest BCUT2D eigenvalue weighted by atomic mass is 9.88. The van der Waals surface area contributed by atoms with Crippen molar-refractivity contribution in [1.29, 1.82) is 0 Å². The molecule has 1 aromatic heterocycles. The van der Waals surface area contributed by atoms with Crippen molar-refractivity contribution in [2.24, 2.45) is 11.7 Å². The Morgan fingerprint density at radius 3 is 2.48 bits per heavy atom. The molecule has 0 bridgehead atoms. The van der Waals surface area contributed by atoms with E-state index in [-0.39, 0.29) is 30.0 Å². The molecule has 0 aliphatic rings. The van der Waals surface area contributed by atoms with Crippen LogP contribution in [-0.2, 0) is 0 Å². The maximum absolute atomic E-state index is 12.5. The van der Waals surface area contributed by atoms with Crippen molar-refractivity contribution < 1.29 is 9.21 Å². The van der Waals surface area contributed by atoms with Gasteiger partial charge >= 0.3 is 0 Å². The van der Waals surface area contributed by atoms with Crippen molar-refractivity contribution in [3.8, 4) is 11.5 Å². The molecule has 1 aromatic carbocycles. The maximum atomic E-state index is 12.5. The Balaban J connectivity index is 0.00000264. The monoisotopic (exact) mass is 337 g/mol. The molecule has 1 heterocycles. The van der Waals surface area contributed by atoms with Gasteiger partial charge in [-0.25, -0.2) is 4.98 Å². The van der Waals surface area contributed by atoms with Crippen molar-refractivity contribution >= 4 is 18.3 Å². The minimum absolute atomic E-state index is 0. The van der Waals surface area contributed by atoms with Gasteiger partial charge in [-0.15, -0.1) is 12.4 Å². The summed E-state index contributed by atoms with van der Waals surface area (Å²) in [5, 5.41) is 2.97. The Morgan fingerprint density at radius 1 is 1.35 bits per heavy atom. The van der Waals surface area contributed by atoms with Gasteiger partial charge in [-0.3, -0.25) is 4.79 Å². The fourth-order valence-corrected chi connectivity index (χ4v) is 2.06. The highest BCUT2D eigenvalue weighted by Crippen LogP contribution is 2.23. The summed E-state index contributed by atoms with van der Waals surface area (Å²) >= 11 is 0. The van der Waals surface area contributed by atoms with Crippen LogP contribution in [0.3, 0.4) is 0 Å². The average molecular weight is 338 g/mol. The first-order valence-corrected chi connectivity index (χ1v) is 7.43. The van der Waals surface area contributed by atoms with Crippen LogP contribution in [0.5, 0.6) is 0 Å². The summed E-state index contributed by atoms with van der Waals surface area (Å²) in [4.78, 5) is 16.8. The summed E-state index contributed by atoms with van der Waals surface area (Å²) in [5.74, 6) is 0.605. The molecule has 0 saturated carbocycles. The molecule has 126 valence electrons. The van der Waals surface area contributed by atoms with E-state index in [1.54, 1.807) is 6.92 Å². The van der Waals surface area contributed by atoms with Crippen LogP contribution in [0.25, 0.3) is 11.5 Å². The zero-order valence-electron chi connectivity index (χ0n) is 13.9. The summed E-state index contributed by atoms with van der Waals surface area (Å²) < 4.78 is 5.67. The third kappa shape index (κ3) is 4.12. The number of hydrogen-bond acceptors (Lipinski definition) is 4. The third-order valence-corrected chi connectivity index (χ3v) is 4.12. The van der Waals surface area contributed by atoms with Gasteiger partial charge in [0.25, 0.3) is 5.91 Å². The van der Waals surface area contributed by atoms with E-state index in [1.165, 1.54) is 0 Å². The number of nitrogens with zero attached hydrogens (tertiary/aromatic N) is 1. The molecular formula is C17H24ClN3O2. The van der Waals surface area contributed by atoms with Gasteiger partial charge in [0.1, 0.15) is 0 Å². The van der Waals surface area contributed by atoms with E-state index < -0.39 is 5.54 Å². The number of carbonyl (C=O) groups excluding carboxylic acids is 1. The van der Waals surface area contributed by atoms with Crippen LogP contribution < -0.4 is 11.1 Å². The maximum Gasteiger partial charge on any atom is 0.289 e. The summed E-state index contributed by atoms with van der Waals surface area (Å²) in [6, 6.07) is 9.51. The first-order valence-electron chi connectivity index (χ1n) is 7.43. The highest BCUT2D eigenvalue weighted by molar-refractivity contribution is 5.93. The smallest absolute Gasteiger partial charge is 0.289 e. The number of benzene rings is 1. The number of halogens is 1. The average Bonchev–Trinajstić information content (AvgIpc) is 2.90. The first kappa shape index (κ1) is 19.2. The SMILES string of the molecule is Cc1nc(-c2ccccc2)oc1C(=O)NC(C)(CN)C(C)C.Cl. The lowest BCUT2D eigenvalue weighted by Gasteiger charge is -2.33. The topological polar surface area (TPSA) is 81.2 Å². The van der Waals surface area contributed by atoms with E-state index >= 15 is 0 Å². The Labute approximate surface area is 143 Å². The van der Waals surface area contributed by atoms with E-state index in [0.717, 1.165) is 5.56 Å². The Kier molecular flexibility index (Phi) is 6.36. The minimum Gasteiger partial charge on any atom is -0.431 e. The van der Waals surface area contributed by atoms with Crippen LogP contribution in [0.1, 0.15) is 37.0 Å². The molecular weight excluding hydrogens is 314 g/mol. The van der Waals surface area contributed by atoms with E-state index in [1.807, 2.05) is 51.1 Å². The van der Waals surface area contributed by atoms with Crippen LogP contribution in [0.4, 0.5) is 0 Å². The van der Waals surface area contributed by atoms with Crippen LogP contribution in [0, 0.1) is 12.8 Å². The molecule has 2 aromatic rings. The van der Waals surface area contributed by atoms with Crippen LogP contribution >= 0.6 is 12.4 Å². The second-order valence-electron chi connectivity index (χ2n) is 6.03. The largest absolute Gasteiger partial charge is 0.431 e. The second-order valence-corrected chi connectivity index (χ2v) is 6.03. The van der Waals surface area contributed by atoms with Gasteiger partial charge in [0, 0.05) is 12.1 Å². The second kappa shape index (κ2) is 7.62. The third-order valence-electron chi connectivity index (χ3n) is 4.12. The zero-order chi connectivity index (χ0) is 16.3. The predicted octanol–water partition coefficient (Wildman–Crippen LogP) is 3.18. The molecule has 1 unspecified atom stereocenters. The number of nitrogens with two attached hydrogens (primary N) is 1. The number of carbonyl (C=O) groups is 1. The number of amides is 1. The van der Waals surface area contributed by atoms with Gasteiger partial charge in [0.15, 0.2) is 0 Å². The molecule has 3 N–H and O–H groups in total. The van der Waals surface area contributed by atoms with Gasteiger partial charge in [0.2, 0.25) is 11.7 Å². The van der Waals surface area contributed by atoms with Crippen LogP contribution in [0.15, 0.2) is 34.7 Å². The fraction of sp³-hybridized carbons (Fsp3) is 0.412. The van der Waals surface area contributed by atoms with E-state index in [4.69, 9.17) is 10.2 Å². The molecule has 0 spiro atoms. The molecule has 0 aliphatic carbocycles. The minimum atomic E-state index is -0.483. The molecule has 6 heteroatoms. The van der Waals surface area contributed by atoms with Crippen molar-refractivity contribution in [1.82, 2.24) is 10.3 Å². The summed E-state index contributed by atoms with van der Waals surface area (Å²) in [6.45, 7) is 8.10. The number of aryl methyl sites for hydroxylation is 1. The van der Waals surface area contributed by atoms with Crippen molar-refractivity contribution in [3.63, 3.8) is 0 Å². The highest BCUT2D eigenvalue weighted by atomic mass is 35.5. The van der Waals surface area contributed by atoms with Crippen molar-refractivity contribution in [2.75, 3.05) is 6.54 Å². The van der Waals surface area contributed by atoms with Crippen molar-refractivity contribution in [2.45, 2.75) is 33.2 Å². The van der Waals surface area contributed by atoms with E-state index in [0.29, 0.717) is 18.1 Å². The summed E-state index contributed by atoms with van der Waals surface area (Å²) in [6.07, 6.45) is 0. The van der Waals surface area contributed by atoms with Gasteiger partial charge in [0.05, 0.1) is 11.2 Å². The van der Waals surface area contributed by atoms with E-state index in [2.05, 4.69) is 10.3 Å². The quantitative estimate of drug-likeness (QED) is 0.878. The zero-order valence-corrected chi connectivity index (χ0v) is 14.7. The lowest BCUT2D eigenvalue weighted by molar-refractivity contribution is 0.0854. The summed E-state index contributed by atoms with van der Waals surface area (Å²) in [7, 11) is 0. The lowest BCUT2D eigenvalue weighted by Crippen LogP contribution is -2.55. The number of aromatic nitrogens is 1. The number of nitrogens with one attached hydrogen (secondary N) is 1. The standard InChI is InChI=1S/C17H23N3O2.ClH/c1-11(2)17(4,10-18)20-15(21)14-12(3)19-16(22-14)13-8-6-5-7-9-13;/h5-9,11H,10,18H2,1-4H3,(H,20,21);1H. The Bertz CT molecular complexity index is 655. The Morgan fingerprint density at radius 2 is 1.96 bits per heavy atom. The predicted molar refractivity (Wildman–Crippen MR) is 93.7 cm³/mol. The Hall–Kier alpha value is -1.85.